The fourth-order valence-electron chi connectivity index (χ4n) is 10.0. The van der Waals surface area contributed by atoms with Crippen molar-refractivity contribution in [1.29, 1.82) is 0 Å². The molecule has 0 spiro atoms. The number of phenols is 1. The number of aliphatic hydroxyl groups is 8. The molecule has 3 fully saturated rings. The summed E-state index contributed by atoms with van der Waals surface area (Å²) in [7, 11) is 3.54. The molecule has 0 saturated carbocycles. The van der Waals surface area contributed by atoms with Crippen LogP contribution < -0.4 is 9.47 Å². The van der Waals surface area contributed by atoms with Gasteiger partial charge in [-0.1, -0.05) is 6.07 Å². The van der Waals surface area contributed by atoms with Gasteiger partial charge in [0, 0.05) is 63.3 Å². The standard InChI is InChI=1S/C42H56O22/c1-16-35(60-19(4)45)38(5,51)13-26(58-16)61-23-11-22(46)31(49)29-28(23)33(55-6)20-9-10-21-30(48)36-42(63-34(21)27(20)32(29)50,39(52,15-43)14-40(53,64-36)37(56-7)57-8)62-25-12-24(47)41(54,17(2)44)18(3)59-25/h9-10,16,18,22-26,30,35-37,43,46-48,50-54H,11-15H2,1-8H3/t16-,18-,22?,23?,24+,25-,26-,30?,35+,36?,38+,39?,40?,41+,42?/m0/s1. The van der Waals surface area contributed by atoms with E-state index in [2.05, 4.69) is 0 Å². The van der Waals surface area contributed by atoms with Gasteiger partial charge in [-0.3, -0.25) is 14.4 Å². The van der Waals surface area contributed by atoms with E-state index in [-0.39, 0.29) is 40.5 Å². The summed E-state index contributed by atoms with van der Waals surface area (Å²) in [5.74, 6) is -9.43. The topological polar surface area (TPSA) is 326 Å². The third-order valence-electron chi connectivity index (χ3n) is 13.1. The first kappa shape index (κ1) is 48.2. The number of esters is 1. The van der Waals surface area contributed by atoms with Gasteiger partial charge in [0.15, 0.2) is 47.6 Å². The van der Waals surface area contributed by atoms with Crippen LogP contribution in [0.1, 0.15) is 94.0 Å². The number of aliphatic hydroxyl groups excluding tert-OH is 4. The third-order valence-corrected chi connectivity index (χ3v) is 13.1. The molecule has 5 aliphatic rings. The lowest BCUT2D eigenvalue weighted by Crippen LogP contribution is -2.79. The minimum Gasteiger partial charge on any atom is -0.506 e. The lowest BCUT2D eigenvalue weighted by molar-refractivity contribution is -0.479. The molecule has 4 heterocycles. The van der Waals surface area contributed by atoms with Crippen molar-refractivity contribution in [2.24, 2.45) is 0 Å². The van der Waals surface area contributed by atoms with Gasteiger partial charge in [-0.15, -0.1) is 0 Å². The number of fused-ring (bicyclic) bond motifs is 5. The maximum atomic E-state index is 14.0. The molecule has 4 aliphatic heterocycles. The quantitative estimate of drug-likeness (QED) is 0.0979. The average Bonchev–Trinajstić information content (AvgIpc) is 3.21. The number of ether oxygens (including phenoxy) is 10. The Bertz CT molecular complexity index is 2150. The van der Waals surface area contributed by atoms with Gasteiger partial charge >= 0.3 is 5.97 Å². The first-order valence-corrected chi connectivity index (χ1v) is 20.6. The summed E-state index contributed by atoms with van der Waals surface area (Å²) in [6, 6.07) is 2.71. The van der Waals surface area contributed by atoms with E-state index in [1.165, 1.54) is 40.0 Å². The van der Waals surface area contributed by atoms with Crippen molar-refractivity contribution in [3.8, 4) is 17.2 Å². The molecule has 9 N–H and O–H groups in total. The van der Waals surface area contributed by atoms with Crippen molar-refractivity contribution in [3.63, 3.8) is 0 Å². The highest BCUT2D eigenvalue weighted by Crippen LogP contribution is 2.59. The maximum Gasteiger partial charge on any atom is 0.303 e. The van der Waals surface area contributed by atoms with Gasteiger partial charge < -0.3 is 93.3 Å². The molecule has 22 heteroatoms. The van der Waals surface area contributed by atoms with Gasteiger partial charge in [0.2, 0.25) is 12.1 Å². The van der Waals surface area contributed by atoms with Gasteiger partial charge in [0.05, 0.1) is 49.1 Å². The second-order valence-corrected chi connectivity index (χ2v) is 17.4. The van der Waals surface area contributed by atoms with Gasteiger partial charge in [0.1, 0.15) is 35.1 Å². The lowest BCUT2D eigenvalue weighted by Gasteiger charge is -2.60. The number of benzene rings is 2. The number of hydrogen-bond acceptors (Lipinski definition) is 22. The largest absolute Gasteiger partial charge is 0.506 e. The highest BCUT2D eigenvalue weighted by Gasteiger charge is 2.73. The van der Waals surface area contributed by atoms with Crippen LogP contribution in [-0.4, -0.2) is 175 Å². The summed E-state index contributed by atoms with van der Waals surface area (Å²) >= 11 is 0. The molecule has 64 heavy (non-hydrogen) atoms. The van der Waals surface area contributed by atoms with Crippen molar-refractivity contribution in [1.82, 2.24) is 0 Å². The van der Waals surface area contributed by atoms with E-state index in [4.69, 9.17) is 47.4 Å². The molecule has 2 aromatic carbocycles. The number of rotatable bonds is 11. The number of Topliss-reactive ketones (excluding diaryl/α,β-unsaturated/α-hetero) is 2. The first-order chi connectivity index (χ1) is 29.9. The van der Waals surface area contributed by atoms with Crippen LogP contribution in [0.25, 0.3) is 10.8 Å². The summed E-state index contributed by atoms with van der Waals surface area (Å²) in [4.78, 5) is 38.3. The zero-order valence-corrected chi connectivity index (χ0v) is 36.4. The van der Waals surface area contributed by atoms with Crippen LogP contribution in [0.4, 0.5) is 0 Å². The third kappa shape index (κ3) is 7.36. The zero-order valence-electron chi connectivity index (χ0n) is 36.4. The van der Waals surface area contributed by atoms with Crippen molar-refractivity contribution in [3.05, 3.63) is 28.8 Å². The molecule has 7 unspecified atom stereocenters. The predicted octanol–water partition coefficient (Wildman–Crippen LogP) is -0.849. The second-order valence-electron chi connectivity index (χ2n) is 17.4. The Morgan fingerprint density at radius 2 is 1.64 bits per heavy atom. The molecule has 0 radical (unpaired) electrons. The number of hydrogen-bond donors (Lipinski definition) is 9. The molecule has 7 rings (SSSR count). The lowest BCUT2D eigenvalue weighted by atomic mass is 9.74. The molecule has 0 amide bonds. The first-order valence-electron chi connectivity index (χ1n) is 20.6. The fourth-order valence-corrected chi connectivity index (χ4v) is 10.0. The zero-order chi connectivity index (χ0) is 47.2. The Labute approximate surface area is 366 Å². The van der Waals surface area contributed by atoms with Crippen LogP contribution in [0.5, 0.6) is 17.2 Å². The fraction of sp³-hybridized carbons (Fsp3) is 0.690. The van der Waals surface area contributed by atoms with E-state index < -0.39 is 150 Å². The minimum atomic E-state index is -2.91. The SMILES string of the molecule is COc1c2c(c(O)c3c4c(ccc13)C(O)C1OC(O)(C(OC)OC)CC(O)(CO)C1(O[C@H]1C[C@@H](O)[C@@](O)(C(C)=O)[C@H](C)O1)O4)C(=O)C(O)CC2O[C@H]1C[C@@](C)(O)[C@H](OC(C)=O)[C@H](C)O1. The van der Waals surface area contributed by atoms with Gasteiger partial charge in [0.25, 0.3) is 5.79 Å². The van der Waals surface area contributed by atoms with Gasteiger partial charge in [-0.2, -0.15) is 0 Å². The monoisotopic (exact) mass is 912 g/mol. The molecule has 2 aromatic rings. The highest BCUT2D eigenvalue weighted by molar-refractivity contribution is 6.13. The average molecular weight is 913 g/mol. The van der Waals surface area contributed by atoms with Gasteiger partial charge in [-0.25, -0.2) is 0 Å². The molecule has 15 atom stereocenters. The summed E-state index contributed by atoms with van der Waals surface area (Å²) < 4.78 is 58.9. The predicted molar refractivity (Wildman–Crippen MR) is 210 cm³/mol. The molecular formula is C42H56O22. The van der Waals surface area contributed by atoms with E-state index in [1.54, 1.807) is 6.92 Å². The summed E-state index contributed by atoms with van der Waals surface area (Å²) in [6.45, 7) is 5.17. The number of carbonyl (C=O) groups is 3. The molecule has 0 bridgehead atoms. The summed E-state index contributed by atoms with van der Waals surface area (Å²) in [6.07, 6.45) is -19.2. The normalized spacial score (nSPS) is 40.9. The van der Waals surface area contributed by atoms with E-state index >= 15 is 0 Å². The van der Waals surface area contributed by atoms with Crippen molar-refractivity contribution >= 4 is 28.3 Å². The van der Waals surface area contributed by atoms with E-state index in [0.29, 0.717) is 0 Å². The van der Waals surface area contributed by atoms with Crippen molar-refractivity contribution < 1.29 is 108 Å². The smallest absolute Gasteiger partial charge is 0.303 e. The van der Waals surface area contributed by atoms with E-state index in [1.807, 2.05) is 0 Å². The minimum absolute atomic E-state index is 0.0139. The van der Waals surface area contributed by atoms with Crippen LogP contribution in [-0.2, 0) is 47.5 Å². The maximum absolute atomic E-state index is 14.0. The van der Waals surface area contributed by atoms with E-state index in [9.17, 15) is 60.3 Å². The number of phenolic OH excluding ortho intramolecular Hbond substituents is 1. The Morgan fingerprint density at radius 3 is 2.20 bits per heavy atom. The molecule has 0 aromatic heterocycles. The van der Waals surface area contributed by atoms with Gasteiger partial charge in [-0.05, 0) is 33.8 Å². The van der Waals surface area contributed by atoms with Crippen LogP contribution in [0, 0.1) is 0 Å². The number of carbonyl (C=O) groups excluding carboxylic acids is 3. The molecule has 356 valence electrons. The van der Waals surface area contributed by atoms with Crippen LogP contribution >= 0.6 is 0 Å². The van der Waals surface area contributed by atoms with Crippen LogP contribution in [0.3, 0.4) is 0 Å². The van der Waals surface area contributed by atoms with Crippen molar-refractivity contribution in [2.45, 2.75) is 156 Å². The number of ketones is 2. The molecule has 22 nitrogen and oxygen atoms in total. The summed E-state index contributed by atoms with van der Waals surface area (Å²) in [5.41, 5.74) is -7.66. The highest BCUT2D eigenvalue weighted by atomic mass is 16.8. The van der Waals surface area contributed by atoms with Crippen LogP contribution in [0.15, 0.2) is 12.1 Å². The Morgan fingerprint density at radius 1 is 0.969 bits per heavy atom. The van der Waals surface area contributed by atoms with Crippen molar-refractivity contribution in [2.75, 3.05) is 27.9 Å². The Hall–Kier alpha value is -3.69. The number of methoxy groups -OCH3 is 3. The van der Waals surface area contributed by atoms with Crippen LogP contribution in [0.2, 0.25) is 0 Å². The Balaban J connectivity index is 1.39. The second kappa shape index (κ2) is 16.9. The number of aromatic hydroxyl groups is 1. The molecule has 3 saturated heterocycles. The molecule has 1 aliphatic carbocycles. The molecular weight excluding hydrogens is 856 g/mol. The Kier molecular flexibility index (Phi) is 12.7. The van der Waals surface area contributed by atoms with E-state index in [0.717, 1.165) is 21.1 Å². The summed E-state index contributed by atoms with van der Waals surface area (Å²) in [5, 5.41) is 104.